The van der Waals surface area contributed by atoms with Crippen LogP contribution in [-0.2, 0) is 9.59 Å². The predicted octanol–water partition coefficient (Wildman–Crippen LogP) is 4.60. The number of hydrogen-bond donors (Lipinski definition) is 1. The van der Waals surface area contributed by atoms with Gasteiger partial charge in [0, 0.05) is 12.2 Å². The van der Waals surface area contributed by atoms with Crippen LogP contribution in [0.4, 0.5) is 11.4 Å². The van der Waals surface area contributed by atoms with Crippen molar-refractivity contribution < 1.29 is 23.8 Å². The number of unbranched alkanes of at least 4 members (excludes halogenated alkanes) is 1. The zero-order chi connectivity index (χ0) is 23.8. The maximum absolute atomic E-state index is 12.5. The molecule has 34 heavy (non-hydrogen) atoms. The van der Waals surface area contributed by atoms with Crippen LogP contribution in [-0.4, -0.2) is 38.2 Å². The average Bonchev–Trinajstić information content (AvgIpc) is 2.85. The lowest BCUT2D eigenvalue weighted by Crippen LogP contribution is -2.39. The van der Waals surface area contributed by atoms with Crippen LogP contribution in [0.15, 0.2) is 72.8 Å². The van der Waals surface area contributed by atoms with Gasteiger partial charge in [-0.15, -0.1) is 0 Å². The first kappa shape index (κ1) is 23.2. The summed E-state index contributed by atoms with van der Waals surface area (Å²) in [5, 5.41) is 2.82. The smallest absolute Gasteiger partial charge is 0.265 e. The minimum atomic E-state index is -0.285. The van der Waals surface area contributed by atoms with E-state index in [1.165, 1.54) is 5.56 Å². The van der Waals surface area contributed by atoms with Gasteiger partial charge in [0.25, 0.3) is 11.8 Å². The van der Waals surface area contributed by atoms with E-state index in [0.717, 1.165) is 18.6 Å². The van der Waals surface area contributed by atoms with Gasteiger partial charge < -0.3 is 24.4 Å². The number of ether oxygens (including phenoxy) is 3. The van der Waals surface area contributed by atoms with E-state index in [1.807, 2.05) is 49.4 Å². The molecule has 3 aromatic carbocycles. The molecule has 0 saturated heterocycles. The highest BCUT2D eigenvalue weighted by molar-refractivity contribution is 5.99. The highest BCUT2D eigenvalue weighted by Gasteiger charge is 2.25. The molecule has 0 fully saturated rings. The van der Waals surface area contributed by atoms with E-state index in [-0.39, 0.29) is 25.0 Å². The van der Waals surface area contributed by atoms with E-state index in [9.17, 15) is 9.59 Å². The van der Waals surface area contributed by atoms with Crippen LogP contribution < -0.4 is 24.4 Å². The molecule has 0 aliphatic carbocycles. The standard InChI is InChI=1S/C27H28N2O5/c1-20-9-12-23(13-10-20)32-16-6-5-15-29-24-17-21(11-14-25(24)34-19-27(29)31)28-26(30)18-33-22-7-3-2-4-8-22/h2-4,7-14,17H,5-6,15-16,18-19H2,1H3,(H,28,30). The van der Waals surface area contributed by atoms with Crippen LogP contribution in [0.3, 0.4) is 0 Å². The van der Waals surface area contributed by atoms with Gasteiger partial charge in [-0.1, -0.05) is 35.9 Å². The molecular formula is C27H28N2O5. The van der Waals surface area contributed by atoms with Gasteiger partial charge in [-0.25, -0.2) is 0 Å². The zero-order valence-electron chi connectivity index (χ0n) is 19.2. The number of hydrogen-bond acceptors (Lipinski definition) is 5. The minimum absolute atomic E-state index is 0.00346. The number of anilines is 2. The van der Waals surface area contributed by atoms with Crippen molar-refractivity contribution in [2.75, 3.05) is 36.6 Å². The Bertz CT molecular complexity index is 1120. The third-order valence-electron chi connectivity index (χ3n) is 5.36. The molecule has 0 spiro atoms. The Morgan fingerprint density at radius 1 is 0.971 bits per heavy atom. The molecule has 7 nitrogen and oxygen atoms in total. The lowest BCUT2D eigenvalue weighted by molar-refractivity contribution is -0.121. The summed E-state index contributed by atoms with van der Waals surface area (Å²) < 4.78 is 16.8. The lowest BCUT2D eigenvalue weighted by atomic mass is 10.2. The Kier molecular flexibility index (Phi) is 7.65. The van der Waals surface area contributed by atoms with E-state index < -0.39 is 0 Å². The molecule has 1 N–H and O–H groups in total. The number of benzene rings is 3. The predicted molar refractivity (Wildman–Crippen MR) is 131 cm³/mol. The Hall–Kier alpha value is -4.00. The molecule has 1 heterocycles. The number of carbonyl (C=O) groups is 2. The van der Waals surface area contributed by atoms with Gasteiger partial charge in [-0.2, -0.15) is 0 Å². The molecule has 0 saturated carbocycles. The number of rotatable bonds is 10. The van der Waals surface area contributed by atoms with Crippen molar-refractivity contribution in [3.63, 3.8) is 0 Å². The topological polar surface area (TPSA) is 77.1 Å². The van der Waals surface area contributed by atoms with Crippen molar-refractivity contribution in [2.24, 2.45) is 0 Å². The first-order valence-electron chi connectivity index (χ1n) is 11.3. The van der Waals surface area contributed by atoms with E-state index in [1.54, 1.807) is 35.2 Å². The zero-order valence-corrected chi connectivity index (χ0v) is 19.2. The third kappa shape index (κ3) is 6.28. The van der Waals surface area contributed by atoms with Crippen LogP contribution in [0.25, 0.3) is 0 Å². The van der Waals surface area contributed by atoms with Crippen molar-refractivity contribution in [3.05, 3.63) is 78.4 Å². The largest absolute Gasteiger partial charge is 0.494 e. The van der Waals surface area contributed by atoms with Gasteiger partial charge in [0.05, 0.1) is 12.3 Å². The van der Waals surface area contributed by atoms with Crippen molar-refractivity contribution >= 4 is 23.2 Å². The fourth-order valence-corrected chi connectivity index (χ4v) is 3.58. The van der Waals surface area contributed by atoms with Gasteiger partial charge in [0.1, 0.15) is 17.2 Å². The number of para-hydroxylation sites is 1. The summed E-state index contributed by atoms with van der Waals surface area (Å²) in [6.07, 6.45) is 1.58. The lowest BCUT2D eigenvalue weighted by Gasteiger charge is -2.30. The second kappa shape index (κ2) is 11.2. The van der Waals surface area contributed by atoms with Crippen molar-refractivity contribution in [1.82, 2.24) is 0 Å². The number of carbonyl (C=O) groups excluding carboxylic acids is 2. The van der Waals surface area contributed by atoms with Gasteiger partial charge in [-0.05, 0) is 62.2 Å². The Morgan fingerprint density at radius 3 is 2.53 bits per heavy atom. The second-order valence-corrected chi connectivity index (χ2v) is 8.04. The molecule has 2 amide bonds. The summed E-state index contributed by atoms with van der Waals surface area (Å²) in [6.45, 7) is 3.05. The molecule has 1 aliphatic heterocycles. The normalized spacial score (nSPS) is 12.5. The summed E-state index contributed by atoms with van der Waals surface area (Å²) in [7, 11) is 0. The first-order chi connectivity index (χ1) is 16.6. The van der Waals surface area contributed by atoms with Crippen molar-refractivity contribution in [2.45, 2.75) is 19.8 Å². The molecule has 176 valence electrons. The van der Waals surface area contributed by atoms with Crippen molar-refractivity contribution in [3.8, 4) is 17.2 Å². The molecule has 0 bridgehead atoms. The summed E-state index contributed by atoms with van der Waals surface area (Å²) in [4.78, 5) is 26.6. The quantitative estimate of drug-likeness (QED) is 0.448. The average molecular weight is 461 g/mol. The van der Waals surface area contributed by atoms with Crippen molar-refractivity contribution in [1.29, 1.82) is 0 Å². The molecular weight excluding hydrogens is 432 g/mol. The maximum atomic E-state index is 12.5. The third-order valence-corrected chi connectivity index (χ3v) is 5.36. The van der Waals surface area contributed by atoms with E-state index in [2.05, 4.69) is 5.32 Å². The number of aryl methyl sites for hydroxylation is 1. The minimum Gasteiger partial charge on any atom is -0.494 e. The molecule has 7 heteroatoms. The molecule has 1 aliphatic rings. The summed E-state index contributed by atoms with van der Waals surface area (Å²) >= 11 is 0. The Morgan fingerprint density at radius 2 is 1.74 bits per heavy atom. The molecule has 4 rings (SSSR count). The number of nitrogens with one attached hydrogen (secondary N) is 1. The van der Waals surface area contributed by atoms with E-state index in [4.69, 9.17) is 14.2 Å². The molecule has 3 aromatic rings. The molecule has 0 aromatic heterocycles. The SMILES string of the molecule is Cc1ccc(OCCCCN2C(=O)COc3ccc(NC(=O)COc4ccccc4)cc32)cc1. The monoisotopic (exact) mass is 460 g/mol. The Labute approximate surface area is 199 Å². The van der Waals surface area contributed by atoms with Gasteiger partial charge in [0.2, 0.25) is 0 Å². The van der Waals surface area contributed by atoms with Crippen LogP contribution in [0, 0.1) is 6.92 Å². The Balaban J connectivity index is 1.30. The second-order valence-electron chi connectivity index (χ2n) is 8.04. The number of fused-ring (bicyclic) bond motifs is 1. The van der Waals surface area contributed by atoms with Gasteiger partial charge in [-0.3, -0.25) is 9.59 Å². The summed E-state index contributed by atoms with van der Waals surface area (Å²) in [5.74, 6) is 1.69. The fraction of sp³-hybridized carbons (Fsp3) is 0.259. The maximum Gasteiger partial charge on any atom is 0.265 e. The number of amides is 2. The highest BCUT2D eigenvalue weighted by Crippen LogP contribution is 2.34. The highest BCUT2D eigenvalue weighted by atomic mass is 16.5. The van der Waals surface area contributed by atoms with Crippen LogP contribution in [0.2, 0.25) is 0 Å². The van der Waals surface area contributed by atoms with Gasteiger partial charge >= 0.3 is 0 Å². The summed E-state index contributed by atoms with van der Waals surface area (Å²) in [5.41, 5.74) is 2.42. The van der Waals surface area contributed by atoms with E-state index in [0.29, 0.717) is 36.0 Å². The summed E-state index contributed by atoms with van der Waals surface area (Å²) in [6, 6.07) is 22.4. The molecule has 0 radical (unpaired) electrons. The van der Waals surface area contributed by atoms with E-state index >= 15 is 0 Å². The first-order valence-corrected chi connectivity index (χ1v) is 11.3. The van der Waals surface area contributed by atoms with Crippen LogP contribution in [0.5, 0.6) is 17.2 Å². The van der Waals surface area contributed by atoms with Crippen LogP contribution >= 0.6 is 0 Å². The molecule has 0 unspecified atom stereocenters. The fourth-order valence-electron chi connectivity index (χ4n) is 3.58. The van der Waals surface area contributed by atoms with Gasteiger partial charge in [0.15, 0.2) is 13.2 Å². The number of nitrogens with zero attached hydrogens (tertiary/aromatic N) is 1. The molecule has 0 atom stereocenters. The van der Waals surface area contributed by atoms with Crippen LogP contribution in [0.1, 0.15) is 18.4 Å².